The molecular weight excluding hydrogens is 901 g/mol. The smallest absolute Gasteiger partial charge is 0.0619 e. The molecule has 0 radical (unpaired) electrons. The van der Waals surface area contributed by atoms with Gasteiger partial charge in [-0.3, -0.25) is 0 Å². The van der Waals surface area contributed by atoms with E-state index < -0.39 is 16.2 Å². The lowest BCUT2D eigenvalue weighted by Crippen LogP contribution is -2.27. The van der Waals surface area contributed by atoms with Crippen molar-refractivity contribution in [1.29, 1.82) is 0 Å². The summed E-state index contributed by atoms with van der Waals surface area (Å²) in [6.07, 6.45) is 0. The molecule has 3 spiro atoms. The van der Waals surface area contributed by atoms with Crippen LogP contribution < -0.4 is 0 Å². The summed E-state index contributed by atoms with van der Waals surface area (Å²) in [5.74, 6) is 0. The molecule has 0 unspecified atom stereocenters. The van der Waals surface area contributed by atoms with Crippen molar-refractivity contribution < 1.29 is 0 Å². The predicted molar refractivity (Wildman–Crippen MR) is 304 cm³/mol. The van der Waals surface area contributed by atoms with Gasteiger partial charge in [0.2, 0.25) is 0 Å². The van der Waals surface area contributed by atoms with Gasteiger partial charge in [0.1, 0.15) is 0 Å². The molecule has 20 rings (SSSR count). The molecular formula is C75H40. The molecule has 0 N–H and O–H groups in total. The summed E-state index contributed by atoms with van der Waals surface area (Å²) < 4.78 is 0. The van der Waals surface area contributed by atoms with Crippen LogP contribution in [0.4, 0.5) is 0 Å². The Labute approximate surface area is 434 Å². The van der Waals surface area contributed by atoms with E-state index in [1.54, 1.807) is 0 Å². The van der Waals surface area contributed by atoms with E-state index in [4.69, 9.17) is 0 Å². The van der Waals surface area contributed by atoms with E-state index in [-0.39, 0.29) is 0 Å². The van der Waals surface area contributed by atoms with Crippen molar-refractivity contribution in [2.75, 3.05) is 0 Å². The van der Waals surface area contributed by atoms with Crippen molar-refractivity contribution >= 4 is 0 Å². The van der Waals surface area contributed by atoms with Gasteiger partial charge in [-0.1, -0.05) is 194 Å². The van der Waals surface area contributed by atoms with E-state index >= 15 is 0 Å². The maximum atomic E-state index is 2.60. The van der Waals surface area contributed by atoms with Gasteiger partial charge < -0.3 is 0 Å². The number of benzene rings is 12. The highest BCUT2D eigenvalue weighted by Crippen LogP contribution is 2.68. The maximum absolute atomic E-state index is 2.60. The SMILES string of the molecule is c1ccc2c(c1)-c1ccc3cc1C21c2ccccc2-c2ccc(cc21)-c1ccc2c(c1)C14c5cc-3ccc5-c3ccc(cc31)-c1ccc3c(c1)C1(c5ccccc5-3)c3ccccc3-c3ccc(cc31)-c1ccc-2c4c1. The largest absolute Gasteiger partial charge is 0.0726 e. The Hall–Kier alpha value is -9.36. The lowest BCUT2D eigenvalue weighted by Gasteiger charge is -2.33. The summed E-state index contributed by atoms with van der Waals surface area (Å²) in [5.41, 5.74) is 40.8. The van der Waals surface area contributed by atoms with Gasteiger partial charge in [-0.05, 0) is 227 Å². The summed E-state index contributed by atoms with van der Waals surface area (Å²) in [7, 11) is 0. The lowest BCUT2D eigenvalue weighted by atomic mass is 9.68. The van der Waals surface area contributed by atoms with Crippen LogP contribution >= 0.6 is 0 Å². The van der Waals surface area contributed by atoms with E-state index in [0.29, 0.717) is 0 Å². The van der Waals surface area contributed by atoms with Gasteiger partial charge >= 0.3 is 0 Å². The highest BCUT2D eigenvalue weighted by Gasteiger charge is 2.56. The summed E-state index contributed by atoms with van der Waals surface area (Å²) >= 11 is 0. The third-order valence-corrected chi connectivity index (χ3v) is 19.8. The zero-order valence-electron chi connectivity index (χ0n) is 40.6. The highest BCUT2D eigenvalue weighted by molar-refractivity contribution is 6.03. The van der Waals surface area contributed by atoms with Crippen LogP contribution in [0.15, 0.2) is 243 Å². The Morgan fingerprint density at radius 3 is 0.467 bits per heavy atom. The number of hydrogen-bond acceptors (Lipinski definition) is 0. The average Bonchev–Trinajstić information content (AvgIpc) is 4.41. The van der Waals surface area contributed by atoms with Crippen LogP contribution in [-0.4, -0.2) is 0 Å². The predicted octanol–water partition coefficient (Wildman–Crippen LogP) is 18.0. The minimum atomic E-state index is -0.602. The first kappa shape index (κ1) is 38.3. The molecule has 0 nitrogen and oxygen atoms in total. The van der Waals surface area contributed by atoms with Crippen LogP contribution in [0.3, 0.4) is 0 Å². The van der Waals surface area contributed by atoms with Crippen LogP contribution in [0.5, 0.6) is 0 Å². The Bertz CT molecular complexity index is 4170. The van der Waals surface area contributed by atoms with Gasteiger partial charge in [0.15, 0.2) is 0 Å². The first-order valence-corrected chi connectivity index (χ1v) is 26.7. The molecule has 12 aromatic rings. The second-order valence-corrected chi connectivity index (χ2v) is 22.5. The monoisotopic (exact) mass is 940 g/mol. The highest BCUT2D eigenvalue weighted by atomic mass is 14.6. The third kappa shape index (κ3) is 4.04. The van der Waals surface area contributed by atoms with Gasteiger partial charge in [-0.15, -0.1) is 0 Å². The van der Waals surface area contributed by atoms with Crippen molar-refractivity contribution in [3.63, 3.8) is 0 Å². The zero-order chi connectivity index (χ0) is 48.3. The number of rotatable bonds is 0. The minimum Gasteiger partial charge on any atom is -0.0619 e. The first-order valence-electron chi connectivity index (χ1n) is 26.7. The molecule has 12 aromatic carbocycles. The van der Waals surface area contributed by atoms with Crippen LogP contribution in [-0.2, 0) is 16.2 Å². The standard InChI is InChI=1S/C75H40/c1-5-13-61-49(9-1)53-25-17-41-33-65(53)73(61)62-14-6-2-10-50(62)54-26-18-42(34-66(54)73)46-22-30-58-60-32-24-48-40-72(60)75(70(58)38-46)69-37-45(41)21-29-57(69)59-31-23-47(39-71(59)75)43-19-27-55-51-11-3-7-15-63(51)74(67(55)35-43)64-16-8-4-12-52(64)56-28-20-44(48)36-68(56)74/h1-40H. The molecule has 0 amide bonds. The van der Waals surface area contributed by atoms with Gasteiger partial charge in [0.05, 0.1) is 16.2 Å². The molecule has 8 aliphatic rings. The normalized spacial score (nSPS) is 15.8. The molecule has 0 heterocycles. The molecule has 0 heteroatoms. The van der Waals surface area contributed by atoms with Crippen LogP contribution in [0, 0.1) is 0 Å². The van der Waals surface area contributed by atoms with E-state index in [9.17, 15) is 0 Å². The van der Waals surface area contributed by atoms with Gasteiger partial charge in [0.25, 0.3) is 0 Å². The van der Waals surface area contributed by atoms with Crippen LogP contribution in [0.1, 0.15) is 66.8 Å². The van der Waals surface area contributed by atoms with Crippen molar-refractivity contribution in [2.45, 2.75) is 16.2 Å². The lowest BCUT2D eigenvalue weighted by molar-refractivity contribution is 0.790. The fourth-order valence-electron chi connectivity index (χ4n) is 16.9. The van der Waals surface area contributed by atoms with Crippen LogP contribution in [0.2, 0.25) is 0 Å². The molecule has 0 aromatic heterocycles. The van der Waals surface area contributed by atoms with Gasteiger partial charge in [0, 0.05) is 0 Å². The summed E-state index contributed by atoms with van der Waals surface area (Å²) in [5, 5.41) is 0. The van der Waals surface area contributed by atoms with Crippen LogP contribution in [0.25, 0.3) is 111 Å². The van der Waals surface area contributed by atoms with E-state index in [1.807, 2.05) is 0 Å². The molecule has 0 atom stereocenters. The zero-order valence-corrected chi connectivity index (χ0v) is 40.6. The Balaban J connectivity index is 0.926. The topological polar surface area (TPSA) is 0 Å². The Morgan fingerprint density at radius 2 is 0.280 bits per heavy atom. The average molecular weight is 941 g/mol. The molecule has 0 saturated carbocycles. The fourth-order valence-corrected chi connectivity index (χ4v) is 16.9. The van der Waals surface area contributed by atoms with E-state index in [0.717, 1.165) is 0 Å². The van der Waals surface area contributed by atoms with Crippen molar-refractivity contribution in [3.8, 4) is 111 Å². The summed E-state index contributed by atoms with van der Waals surface area (Å²) in [6, 6.07) is 96.3. The maximum Gasteiger partial charge on any atom is 0.0726 e. The number of fused-ring (bicyclic) bond motifs is 22. The molecule has 8 aliphatic carbocycles. The van der Waals surface area contributed by atoms with Crippen molar-refractivity contribution in [3.05, 3.63) is 309 Å². The molecule has 16 bridgehead atoms. The van der Waals surface area contributed by atoms with Gasteiger partial charge in [-0.2, -0.15) is 0 Å². The Morgan fingerprint density at radius 1 is 0.133 bits per heavy atom. The second-order valence-electron chi connectivity index (χ2n) is 22.5. The summed E-state index contributed by atoms with van der Waals surface area (Å²) in [6.45, 7) is 0. The van der Waals surface area contributed by atoms with E-state index in [2.05, 4.69) is 243 Å². The number of hydrogen-bond donors (Lipinski definition) is 0. The molecule has 0 saturated heterocycles. The van der Waals surface area contributed by atoms with Crippen molar-refractivity contribution in [2.24, 2.45) is 0 Å². The molecule has 75 heavy (non-hydrogen) atoms. The summed E-state index contributed by atoms with van der Waals surface area (Å²) in [4.78, 5) is 0. The molecule has 0 fully saturated rings. The van der Waals surface area contributed by atoms with E-state index in [1.165, 1.54) is 178 Å². The second kappa shape index (κ2) is 12.5. The quantitative estimate of drug-likeness (QED) is 0.142. The molecule has 0 aliphatic heterocycles. The van der Waals surface area contributed by atoms with Gasteiger partial charge in [-0.25, -0.2) is 0 Å². The third-order valence-electron chi connectivity index (χ3n) is 19.8. The Kier molecular flexibility index (Phi) is 6.39. The minimum absolute atomic E-state index is 0.451. The van der Waals surface area contributed by atoms with Crippen molar-refractivity contribution in [1.82, 2.24) is 0 Å². The molecule has 340 valence electrons. The fraction of sp³-hybridized carbons (Fsp3) is 0.0400. The first-order chi connectivity index (χ1) is 37.1.